The SMILES string of the molecule is CC1(C)C(N2C3CCC2CC(N)C3)C1(C)C. The lowest BCUT2D eigenvalue weighted by Gasteiger charge is -2.39. The van der Waals surface area contributed by atoms with Crippen molar-refractivity contribution in [2.75, 3.05) is 0 Å². The number of piperidine rings is 1. The minimum absolute atomic E-state index is 0.471. The largest absolute Gasteiger partial charge is 0.328 e. The van der Waals surface area contributed by atoms with Crippen LogP contribution in [0.5, 0.6) is 0 Å². The Morgan fingerprint density at radius 3 is 1.75 bits per heavy atom. The summed E-state index contributed by atoms with van der Waals surface area (Å²) in [5, 5.41) is 0. The van der Waals surface area contributed by atoms with Crippen LogP contribution in [0.1, 0.15) is 53.4 Å². The van der Waals surface area contributed by atoms with Gasteiger partial charge in [-0.15, -0.1) is 0 Å². The van der Waals surface area contributed by atoms with E-state index in [-0.39, 0.29) is 0 Å². The molecular weight excluding hydrogens is 196 g/mol. The van der Waals surface area contributed by atoms with Crippen LogP contribution in [0.4, 0.5) is 0 Å². The van der Waals surface area contributed by atoms with Crippen molar-refractivity contribution in [3.8, 4) is 0 Å². The monoisotopic (exact) mass is 222 g/mol. The first-order valence-electron chi connectivity index (χ1n) is 6.88. The normalized spacial score (nSPS) is 45.9. The zero-order chi connectivity index (χ0) is 11.7. The molecule has 92 valence electrons. The van der Waals surface area contributed by atoms with E-state index in [2.05, 4.69) is 32.6 Å². The molecule has 1 aliphatic carbocycles. The second-order valence-corrected chi connectivity index (χ2v) is 7.41. The van der Waals surface area contributed by atoms with Gasteiger partial charge in [0.25, 0.3) is 0 Å². The third-order valence-electron chi connectivity index (χ3n) is 6.07. The average Bonchev–Trinajstić information content (AvgIpc) is 2.45. The molecule has 0 aromatic carbocycles. The molecule has 0 radical (unpaired) electrons. The van der Waals surface area contributed by atoms with Crippen molar-refractivity contribution in [2.45, 2.75) is 77.5 Å². The predicted octanol–water partition coefficient (Wildman–Crippen LogP) is 2.38. The number of rotatable bonds is 1. The van der Waals surface area contributed by atoms with E-state index in [9.17, 15) is 0 Å². The molecule has 3 aliphatic rings. The van der Waals surface area contributed by atoms with Crippen molar-refractivity contribution < 1.29 is 0 Å². The minimum atomic E-state index is 0.471. The fourth-order valence-electron chi connectivity index (χ4n) is 4.58. The van der Waals surface area contributed by atoms with E-state index in [1.165, 1.54) is 25.7 Å². The third-order valence-corrected chi connectivity index (χ3v) is 6.07. The summed E-state index contributed by atoms with van der Waals surface area (Å²) in [5.74, 6) is 0. The third kappa shape index (κ3) is 1.20. The average molecular weight is 222 g/mol. The second kappa shape index (κ2) is 3.02. The lowest BCUT2D eigenvalue weighted by Crippen LogP contribution is -2.49. The van der Waals surface area contributed by atoms with E-state index in [0.717, 1.165) is 18.1 Å². The molecule has 2 atom stereocenters. The van der Waals surface area contributed by atoms with Crippen molar-refractivity contribution in [3.05, 3.63) is 0 Å². The van der Waals surface area contributed by atoms with Crippen molar-refractivity contribution >= 4 is 0 Å². The van der Waals surface area contributed by atoms with Gasteiger partial charge in [-0.05, 0) is 36.5 Å². The molecule has 2 heteroatoms. The summed E-state index contributed by atoms with van der Waals surface area (Å²) in [5.41, 5.74) is 7.14. The first kappa shape index (κ1) is 11.0. The van der Waals surface area contributed by atoms with Crippen molar-refractivity contribution in [3.63, 3.8) is 0 Å². The highest BCUT2D eigenvalue weighted by Gasteiger charge is 2.69. The highest BCUT2D eigenvalue weighted by atomic mass is 15.3. The van der Waals surface area contributed by atoms with Crippen LogP contribution in [0.3, 0.4) is 0 Å². The summed E-state index contributed by atoms with van der Waals surface area (Å²) in [7, 11) is 0. The summed E-state index contributed by atoms with van der Waals surface area (Å²) in [4.78, 5) is 2.85. The zero-order valence-corrected chi connectivity index (χ0v) is 11.2. The first-order chi connectivity index (χ1) is 7.35. The molecule has 2 nitrogen and oxygen atoms in total. The van der Waals surface area contributed by atoms with Gasteiger partial charge in [0.2, 0.25) is 0 Å². The summed E-state index contributed by atoms with van der Waals surface area (Å²) < 4.78 is 0. The van der Waals surface area contributed by atoms with Crippen LogP contribution in [0, 0.1) is 10.8 Å². The molecule has 0 spiro atoms. The van der Waals surface area contributed by atoms with Gasteiger partial charge in [-0.3, -0.25) is 4.90 Å². The Labute approximate surface area is 99.6 Å². The van der Waals surface area contributed by atoms with Gasteiger partial charge in [-0.25, -0.2) is 0 Å². The molecule has 2 N–H and O–H groups in total. The Bertz CT molecular complexity index is 280. The Balaban J connectivity index is 1.83. The van der Waals surface area contributed by atoms with E-state index in [0.29, 0.717) is 16.9 Å². The quantitative estimate of drug-likeness (QED) is 0.738. The molecule has 2 heterocycles. The molecule has 2 aliphatic heterocycles. The van der Waals surface area contributed by atoms with E-state index in [1.807, 2.05) is 0 Å². The smallest absolute Gasteiger partial charge is 0.0215 e. The zero-order valence-electron chi connectivity index (χ0n) is 11.2. The molecule has 3 rings (SSSR count). The number of hydrogen-bond acceptors (Lipinski definition) is 2. The van der Waals surface area contributed by atoms with E-state index in [1.54, 1.807) is 0 Å². The Morgan fingerprint density at radius 2 is 1.38 bits per heavy atom. The number of nitrogens with zero attached hydrogens (tertiary/aromatic N) is 1. The van der Waals surface area contributed by atoms with Crippen LogP contribution in [-0.2, 0) is 0 Å². The molecule has 0 aromatic rings. The number of nitrogens with two attached hydrogens (primary N) is 1. The van der Waals surface area contributed by atoms with Gasteiger partial charge in [-0.2, -0.15) is 0 Å². The molecule has 3 fully saturated rings. The molecule has 16 heavy (non-hydrogen) atoms. The van der Waals surface area contributed by atoms with Gasteiger partial charge in [0.1, 0.15) is 0 Å². The van der Waals surface area contributed by atoms with Gasteiger partial charge in [0.05, 0.1) is 0 Å². The van der Waals surface area contributed by atoms with Crippen LogP contribution in [-0.4, -0.2) is 29.1 Å². The van der Waals surface area contributed by atoms with Gasteiger partial charge >= 0.3 is 0 Å². The van der Waals surface area contributed by atoms with Crippen LogP contribution >= 0.6 is 0 Å². The molecular formula is C14H26N2. The maximum atomic E-state index is 6.15. The topological polar surface area (TPSA) is 29.3 Å². The van der Waals surface area contributed by atoms with Gasteiger partial charge < -0.3 is 5.73 Å². The molecule has 1 saturated carbocycles. The molecule has 2 bridgehead atoms. The van der Waals surface area contributed by atoms with Crippen LogP contribution < -0.4 is 5.73 Å². The molecule has 2 unspecified atom stereocenters. The van der Waals surface area contributed by atoms with Crippen LogP contribution in [0.2, 0.25) is 0 Å². The van der Waals surface area contributed by atoms with Gasteiger partial charge in [0.15, 0.2) is 0 Å². The summed E-state index contributed by atoms with van der Waals surface area (Å²) in [6.07, 6.45) is 5.25. The first-order valence-corrected chi connectivity index (χ1v) is 6.88. The van der Waals surface area contributed by atoms with E-state index < -0.39 is 0 Å². The fourth-order valence-corrected chi connectivity index (χ4v) is 4.58. The maximum Gasteiger partial charge on any atom is 0.0215 e. The molecule has 0 aromatic heterocycles. The van der Waals surface area contributed by atoms with Gasteiger partial charge in [-0.1, -0.05) is 27.7 Å². The standard InChI is InChI=1S/C14H26N2/c1-13(2)12(14(13,3)4)16-10-5-6-11(16)8-9(15)7-10/h9-12H,5-8,15H2,1-4H3. The fraction of sp³-hybridized carbons (Fsp3) is 1.00. The van der Waals surface area contributed by atoms with Gasteiger partial charge in [0, 0.05) is 24.2 Å². The summed E-state index contributed by atoms with van der Waals surface area (Å²) >= 11 is 0. The Hall–Kier alpha value is -0.0800. The Kier molecular flexibility index (Phi) is 2.09. The maximum absolute atomic E-state index is 6.15. The summed E-state index contributed by atoms with van der Waals surface area (Å²) in [6, 6.07) is 2.85. The van der Waals surface area contributed by atoms with E-state index in [4.69, 9.17) is 5.73 Å². The lowest BCUT2D eigenvalue weighted by atomic mass is 9.97. The van der Waals surface area contributed by atoms with E-state index >= 15 is 0 Å². The highest BCUT2D eigenvalue weighted by Crippen LogP contribution is 2.67. The predicted molar refractivity (Wildman–Crippen MR) is 67.2 cm³/mol. The lowest BCUT2D eigenvalue weighted by molar-refractivity contribution is 0.0974. The van der Waals surface area contributed by atoms with Crippen molar-refractivity contribution in [2.24, 2.45) is 16.6 Å². The van der Waals surface area contributed by atoms with Crippen molar-refractivity contribution in [1.29, 1.82) is 0 Å². The van der Waals surface area contributed by atoms with Crippen LogP contribution in [0.25, 0.3) is 0 Å². The number of fused-ring (bicyclic) bond motifs is 2. The van der Waals surface area contributed by atoms with Crippen LogP contribution in [0.15, 0.2) is 0 Å². The second-order valence-electron chi connectivity index (χ2n) is 7.41. The molecule has 2 saturated heterocycles. The Morgan fingerprint density at radius 1 is 0.938 bits per heavy atom. The summed E-state index contributed by atoms with van der Waals surface area (Å²) in [6.45, 7) is 9.74. The van der Waals surface area contributed by atoms with Crippen molar-refractivity contribution in [1.82, 2.24) is 4.90 Å². The number of hydrogen-bond donors (Lipinski definition) is 1. The highest BCUT2D eigenvalue weighted by molar-refractivity contribution is 5.21. The minimum Gasteiger partial charge on any atom is -0.328 e. The molecule has 0 amide bonds.